The van der Waals surface area contributed by atoms with Crippen LogP contribution in [0.5, 0.6) is 0 Å². The maximum Gasteiger partial charge on any atom is 0.337 e. The average molecular weight is 317 g/mol. The van der Waals surface area contributed by atoms with Crippen LogP contribution in [0.4, 0.5) is 0 Å². The summed E-state index contributed by atoms with van der Waals surface area (Å²) in [6.45, 7) is 7.08. The van der Waals surface area contributed by atoms with Crippen molar-refractivity contribution in [3.8, 4) is 0 Å². The van der Waals surface area contributed by atoms with Crippen LogP contribution >= 0.6 is 0 Å². The van der Waals surface area contributed by atoms with Crippen molar-refractivity contribution in [3.05, 3.63) is 41.5 Å². The number of esters is 1. The van der Waals surface area contributed by atoms with E-state index in [1.165, 1.54) is 7.11 Å². The molecule has 4 heteroatoms. The third-order valence-electron chi connectivity index (χ3n) is 3.91. The number of rotatable bonds is 8. The molecule has 1 aromatic rings. The Kier molecular flexibility index (Phi) is 8.09. The molecule has 126 valence electrons. The van der Waals surface area contributed by atoms with Crippen molar-refractivity contribution in [2.75, 3.05) is 13.7 Å². The van der Waals surface area contributed by atoms with E-state index in [4.69, 9.17) is 0 Å². The van der Waals surface area contributed by atoms with Gasteiger partial charge in [-0.3, -0.25) is 4.79 Å². The minimum absolute atomic E-state index is 0.0323. The molecule has 23 heavy (non-hydrogen) atoms. The Bertz CT molecular complexity index is 534. The van der Waals surface area contributed by atoms with Crippen LogP contribution in [0, 0.1) is 0 Å². The monoisotopic (exact) mass is 317 g/mol. The molecule has 0 aromatic heterocycles. The molecular weight excluding hydrogens is 290 g/mol. The fourth-order valence-corrected chi connectivity index (χ4v) is 2.21. The van der Waals surface area contributed by atoms with Crippen molar-refractivity contribution in [2.45, 2.75) is 46.1 Å². The zero-order valence-corrected chi connectivity index (χ0v) is 14.5. The SMILES string of the molecule is CCCCN(C(=O)C=Cc1ccc(C(=O)OC)cc1)C(C)CC. The van der Waals surface area contributed by atoms with Crippen molar-refractivity contribution in [2.24, 2.45) is 0 Å². The van der Waals surface area contributed by atoms with Crippen LogP contribution in [-0.2, 0) is 9.53 Å². The molecule has 1 aromatic carbocycles. The maximum absolute atomic E-state index is 12.4. The number of ether oxygens (including phenoxy) is 1. The van der Waals surface area contributed by atoms with Gasteiger partial charge in [0.25, 0.3) is 0 Å². The molecule has 0 radical (unpaired) electrons. The van der Waals surface area contributed by atoms with Gasteiger partial charge >= 0.3 is 5.97 Å². The lowest BCUT2D eigenvalue weighted by atomic mass is 10.1. The highest BCUT2D eigenvalue weighted by Gasteiger charge is 2.15. The van der Waals surface area contributed by atoms with E-state index in [9.17, 15) is 9.59 Å². The van der Waals surface area contributed by atoms with Gasteiger partial charge in [-0.2, -0.15) is 0 Å². The van der Waals surface area contributed by atoms with Crippen molar-refractivity contribution >= 4 is 18.0 Å². The molecular formula is C19H27NO3. The molecule has 0 aliphatic carbocycles. The molecule has 0 saturated carbocycles. The summed E-state index contributed by atoms with van der Waals surface area (Å²) in [5.41, 5.74) is 1.38. The minimum atomic E-state index is -0.362. The van der Waals surface area contributed by atoms with Crippen LogP contribution in [0.25, 0.3) is 6.08 Å². The number of hydrogen-bond donors (Lipinski definition) is 0. The largest absolute Gasteiger partial charge is 0.465 e. The van der Waals surface area contributed by atoms with Gasteiger partial charge in [-0.15, -0.1) is 0 Å². The summed E-state index contributed by atoms with van der Waals surface area (Å²) in [5.74, 6) is -0.330. The Morgan fingerprint density at radius 2 is 1.87 bits per heavy atom. The number of unbranched alkanes of at least 4 members (excludes halogenated alkanes) is 1. The first-order valence-electron chi connectivity index (χ1n) is 8.20. The van der Waals surface area contributed by atoms with Gasteiger partial charge in [0.15, 0.2) is 0 Å². The highest BCUT2D eigenvalue weighted by molar-refractivity contribution is 5.92. The molecule has 0 aliphatic rings. The van der Waals surface area contributed by atoms with Gasteiger partial charge in [0.1, 0.15) is 0 Å². The second-order valence-corrected chi connectivity index (χ2v) is 5.59. The van der Waals surface area contributed by atoms with Crippen molar-refractivity contribution < 1.29 is 14.3 Å². The zero-order valence-electron chi connectivity index (χ0n) is 14.5. The smallest absolute Gasteiger partial charge is 0.337 e. The first-order valence-corrected chi connectivity index (χ1v) is 8.20. The molecule has 0 aliphatic heterocycles. The fourth-order valence-electron chi connectivity index (χ4n) is 2.21. The van der Waals surface area contributed by atoms with E-state index in [1.54, 1.807) is 36.4 Å². The number of carbonyl (C=O) groups is 2. The summed E-state index contributed by atoms with van der Waals surface area (Å²) in [6.07, 6.45) is 6.41. The van der Waals surface area contributed by atoms with Gasteiger partial charge in [0.05, 0.1) is 12.7 Å². The van der Waals surface area contributed by atoms with Gasteiger partial charge in [-0.25, -0.2) is 4.79 Å². The molecule has 0 spiro atoms. The molecule has 4 nitrogen and oxygen atoms in total. The van der Waals surface area contributed by atoms with Gasteiger partial charge in [-0.05, 0) is 43.5 Å². The highest BCUT2D eigenvalue weighted by Crippen LogP contribution is 2.10. The molecule has 0 saturated heterocycles. The first kappa shape index (κ1) is 18.9. The average Bonchev–Trinajstić information content (AvgIpc) is 2.59. The van der Waals surface area contributed by atoms with Crippen LogP contribution in [0.15, 0.2) is 30.3 Å². The Hall–Kier alpha value is -2.10. The van der Waals surface area contributed by atoms with Crippen LogP contribution in [0.2, 0.25) is 0 Å². The topological polar surface area (TPSA) is 46.6 Å². The Morgan fingerprint density at radius 1 is 1.22 bits per heavy atom. The van der Waals surface area contributed by atoms with E-state index < -0.39 is 0 Å². The Morgan fingerprint density at radius 3 is 2.39 bits per heavy atom. The first-order chi connectivity index (χ1) is 11.0. The minimum Gasteiger partial charge on any atom is -0.465 e. The van der Waals surface area contributed by atoms with Gasteiger partial charge in [0, 0.05) is 18.7 Å². The Labute approximate surface area is 139 Å². The van der Waals surface area contributed by atoms with Crippen molar-refractivity contribution in [1.29, 1.82) is 0 Å². The summed E-state index contributed by atoms with van der Waals surface area (Å²) in [6, 6.07) is 7.23. The molecule has 1 atom stereocenters. The normalized spacial score (nSPS) is 12.2. The number of hydrogen-bond acceptors (Lipinski definition) is 3. The van der Waals surface area contributed by atoms with Crippen LogP contribution in [-0.4, -0.2) is 36.5 Å². The molecule has 1 unspecified atom stereocenters. The van der Waals surface area contributed by atoms with Crippen molar-refractivity contribution in [1.82, 2.24) is 4.90 Å². The predicted octanol–water partition coefficient (Wildman–Crippen LogP) is 3.91. The summed E-state index contributed by atoms with van der Waals surface area (Å²) >= 11 is 0. The van der Waals surface area contributed by atoms with Crippen LogP contribution in [0.3, 0.4) is 0 Å². The molecule has 1 amide bonds. The zero-order chi connectivity index (χ0) is 17.2. The van der Waals surface area contributed by atoms with Gasteiger partial charge in [-0.1, -0.05) is 32.4 Å². The maximum atomic E-state index is 12.4. The molecule has 0 fully saturated rings. The van der Waals surface area contributed by atoms with E-state index in [-0.39, 0.29) is 17.9 Å². The van der Waals surface area contributed by atoms with E-state index in [2.05, 4.69) is 25.5 Å². The van der Waals surface area contributed by atoms with E-state index in [1.807, 2.05) is 4.90 Å². The van der Waals surface area contributed by atoms with E-state index >= 15 is 0 Å². The number of benzene rings is 1. The third-order valence-corrected chi connectivity index (χ3v) is 3.91. The lowest BCUT2D eigenvalue weighted by molar-refractivity contribution is -0.128. The number of amides is 1. The van der Waals surface area contributed by atoms with Gasteiger partial charge < -0.3 is 9.64 Å². The summed E-state index contributed by atoms with van der Waals surface area (Å²) in [5, 5.41) is 0. The van der Waals surface area contributed by atoms with Gasteiger partial charge in [0.2, 0.25) is 5.91 Å². The third kappa shape index (κ3) is 5.89. The number of nitrogens with zero attached hydrogens (tertiary/aromatic N) is 1. The number of carbonyl (C=O) groups excluding carboxylic acids is 2. The summed E-state index contributed by atoms with van der Waals surface area (Å²) < 4.78 is 4.66. The molecule has 0 bridgehead atoms. The lowest BCUT2D eigenvalue weighted by Crippen LogP contribution is -2.37. The molecule has 0 N–H and O–H groups in total. The lowest BCUT2D eigenvalue weighted by Gasteiger charge is -2.27. The second kappa shape index (κ2) is 9.82. The quantitative estimate of drug-likeness (QED) is 0.539. The summed E-state index contributed by atoms with van der Waals surface area (Å²) in [7, 11) is 1.36. The predicted molar refractivity (Wildman–Crippen MR) is 93.2 cm³/mol. The molecule has 0 heterocycles. The fraction of sp³-hybridized carbons (Fsp3) is 0.474. The van der Waals surface area contributed by atoms with Crippen LogP contribution in [0.1, 0.15) is 56.0 Å². The second-order valence-electron chi connectivity index (χ2n) is 5.59. The summed E-state index contributed by atoms with van der Waals surface area (Å²) in [4.78, 5) is 25.7. The molecule has 1 rings (SSSR count). The van der Waals surface area contributed by atoms with Crippen LogP contribution < -0.4 is 0 Å². The van der Waals surface area contributed by atoms with Crippen molar-refractivity contribution in [3.63, 3.8) is 0 Å². The number of methoxy groups -OCH3 is 1. The van der Waals surface area contributed by atoms with E-state index in [0.29, 0.717) is 5.56 Å². The standard InChI is InChI=1S/C19H27NO3/c1-5-7-14-20(15(3)6-2)18(21)13-10-16-8-11-17(12-9-16)19(22)23-4/h8-13,15H,5-7,14H2,1-4H3. The van der Waals surface area contributed by atoms with E-state index in [0.717, 1.165) is 31.4 Å². The Balaban J connectivity index is 2.76. The highest BCUT2D eigenvalue weighted by atomic mass is 16.5.